The van der Waals surface area contributed by atoms with Crippen LogP contribution in [0.3, 0.4) is 0 Å². The first-order chi connectivity index (χ1) is 8.97. The Morgan fingerprint density at radius 1 is 0.895 bits per heavy atom. The van der Waals surface area contributed by atoms with Gasteiger partial charge in [0, 0.05) is 12.1 Å². The molecule has 1 aromatic rings. The smallest absolute Gasteiger partial charge is 0.389 e. The van der Waals surface area contributed by atoms with E-state index in [4.69, 9.17) is 5.73 Å². The molecule has 0 aliphatic rings. The van der Waals surface area contributed by atoms with E-state index >= 15 is 0 Å². The Morgan fingerprint density at radius 3 is 2.16 bits per heavy atom. The lowest BCUT2D eigenvalue weighted by molar-refractivity contribution is -0.135. The lowest BCUT2D eigenvalue weighted by Crippen LogP contribution is -2.06. The van der Waals surface area contributed by atoms with Gasteiger partial charge in [-0.2, -0.15) is 13.2 Å². The fraction of sp³-hybridized carbons (Fsp3) is 0.600. The molecule has 0 aliphatic carbocycles. The van der Waals surface area contributed by atoms with Gasteiger partial charge in [-0.25, -0.2) is 0 Å². The molecule has 0 fully saturated rings. The van der Waals surface area contributed by atoms with Crippen molar-refractivity contribution in [2.75, 3.05) is 5.73 Å². The second kappa shape index (κ2) is 8.08. The highest BCUT2D eigenvalue weighted by molar-refractivity contribution is 5.40. The number of halogens is 3. The molecule has 0 spiro atoms. The number of nitrogen functional groups attached to an aromatic ring is 1. The molecule has 108 valence electrons. The van der Waals surface area contributed by atoms with Crippen molar-refractivity contribution in [3.63, 3.8) is 0 Å². The average molecular weight is 273 g/mol. The van der Waals surface area contributed by atoms with Crippen molar-refractivity contribution < 1.29 is 13.2 Å². The Balaban J connectivity index is 1.97. The molecule has 1 nitrogen and oxygen atoms in total. The summed E-state index contributed by atoms with van der Waals surface area (Å²) in [6.07, 6.45) is 1.35. The Kier molecular flexibility index (Phi) is 6.74. The normalized spacial score (nSPS) is 11.7. The van der Waals surface area contributed by atoms with Crippen molar-refractivity contribution in [2.45, 2.75) is 57.5 Å². The minimum absolute atomic E-state index is 0.263. The van der Waals surface area contributed by atoms with Crippen LogP contribution in [-0.4, -0.2) is 6.18 Å². The monoisotopic (exact) mass is 273 g/mol. The zero-order chi connectivity index (χ0) is 14.1. The van der Waals surface area contributed by atoms with Crippen LogP contribution in [-0.2, 0) is 6.42 Å². The van der Waals surface area contributed by atoms with Crippen LogP contribution in [0.2, 0.25) is 0 Å². The van der Waals surface area contributed by atoms with E-state index in [1.807, 2.05) is 18.2 Å². The molecule has 0 aromatic heterocycles. The Hall–Kier alpha value is -1.19. The van der Waals surface area contributed by atoms with E-state index in [-0.39, 0.29) is 6.42 Å². The first kappa shape index (κ1) is 15.9. The number of aryl methyl sites for hydroxylation is 1. The Bertz CT molecular complexity index is 361. The van der Waals surface area contributed by atoms with Gasteiger partial charge in [-0.3, -0.25) is 0 Å². The number of nitrogens with two attached hydrogens (primary N) is 1. The van der Waals surface area contributed by atoms with Gasteiger partial charge in [-0.05, 0) is 37.0 Å². The highest BCUT2D eigenvalue weighted by Gasteiger charge is 2.25. The van der Waals surface area contributed by atoms with E-state index in [0.29, 0.717) is 6.42 Å². The quantitative estimate of drug-likeness (QED) is 0.517. The zero-order valence-corrected chi connectivity index (χ0v) is 11.2. The van der Waals surface area contributed by atoms with Crippen LogP contribution in [0.1, 0.15) is 50.5 Å². The second-order valence-electron chi connectivity index (χ2n) is 4.98. The van der Waals surface area contributed by atoms with Crippen LogP contribution in [0.25, 0.3) is 0 Å². The average Bonchev–Trinajstić information content (AvgIpc) is 2.31. The fourth-order valence-electron chi connectivity index (χ4n) is 2.11. The maximum absolute atomic E-state index is 11.9. The highest BCUT2D eigenvalue weighted by Crippen LogP contribution is 2.23. The van der Waals surface area contributed by atoms with E-state index in [1.54, 1.807) is 0 Å². The van der Waals surface area contributed by atoms with E-state index in [1.165, 1.54) is 5.56 Å². The summed E-state index contributed by atoms with van der Waals surface area (Å²) < 4.78 is 35.7. The first-order valence-corrected chi connectivity index (χ1v) is 6.88. The summed E-state index contributed by atoms with van der Waals surface area (Å²) in [6.45, 7) is 0. The first-order valence-electron chi connectivity index (χ1n) is 6.88. The molecule has 0 unspecified atom stereocenters. The van der Waals surface area contributed by atoms with E-state index in [2.05, 4.69) is 6.07 Å². The van der Waals surface area contributed by atoms with Crippen LogP contribution in [0.5, 0.6) is 0 Å². The van der Waals surface area contributed by atoms with Crippen molar-refractivity contribution in [3.8, 4) is 0 Å². The molecule has 0 aliphatic heterocycles. The van der Waals surface area contributed by atoms with Gasteiger partial charge in [0.25, 0.3) is 0 Å². The molecule has 0 heterocycles. The molecule has 0 amide bonds. The van der Waals surface area contributed by atoms with E-state index < -0.39 is 12.6 Å². The van der Waals surface area contributed by atoms with Crippen molar-refractivity contribution in [1.29, 1.82) is 0 Å². The molecule has 1 rings (SSSR count). The number of hydrogen-bond donors (Lipinski definition) is 1. The van der Waals surface area contributed by atoms with Crippen LogP contribution in [0, 0.1) is 0 Å². The molecular weight excluding hydrogens is 251 g/mol. The van der Waals surface area contributed by atoms with E-state index in [9.17, 15) is 13.2 Å². The van der Waals surface area contributed by atoms with Gasteiger partial charge in [-0.15, -0.1) is 0 Å². The Labute approximate surface area is 113 Å². The van der Waals surface area contributed by atoms with Crippen molar-refractivity contribution in [3.05, 3.63) is 29.8 Å². The van der Waals surface area contributed by atoms with Gasteiger partial charge in [0.1, 0.15) is 0 Å². The number of benzene rings is 1. The summed E-state index contributed by atoms with van der Waals surface area (Å²) in [5.74, 6) is 0. The summed E-state index contributed by atoms with van der Waals surface area (Å²) in [5, 5.41) is 0. The molecule has 0 bridgehead atoms. The predicted molar refractivity (Wildman–Crippen MR) is 72.9 cm³/mol. The molecule has 0 saturated carbocycles. The standard InChI is InChI=1S/C15H22F3N/c16-15(17,18)11-6-4-2-1-3-5-8-13-9-7-10-14(19)12-13/h7,9-10,12H,1-6,8,11,19H2. The number of unbranched alkanes of at least 4 members (excludes halogenated alkanes) is 5. The molecular formula is C15H22F3N. The van der Waals surface area contributed by atoms with Gasteiger partial charge < -0.3 is 5.73 Å². The van der Waals surface area contributed by atoms with Gasteiger partial charge in [0.2, 0.25) is 0 Å². The van der Waals surface area contributed by atoms with Crippen molar-refractivity contribution in [1.82, 2.24) is 0 Å². The number of hydrogen-bond acceptors (Lipinski definition) is 1. The lowest BCUT2D eigenvalue weighted by atomic mass is 10.0. The molecule has 1 aromatic carbocycles. The third-order valence-corrected chi connectivity index (χ3v) is 3.13. The maximum Gasteiger partial charge on any atom is 0.389 e. The van der Waals surface area contributed by atoms with Gasteiger partial charge in [0.15, 0.2) is 0 Å². The van der Waals surface area contributed by atoms with Gasteiger partial charge in [0.05, 0.1) is 0 Å². The molecule has 0 saturated heterocycles. The number of alkyl halides is 3. The third kappa shape index (κ3) is 8.51. The summed E-state index contributed by atoms with van der Waals surface area (Å²) in [6, 6.07) is 7.84. The minimum Gasteiger partial charge on any atom is -0.399 e. The van der Waals surface area contributed by atoms with Crippen molar-refractivity contribution >= 4 is 5.69 Å². The zero-order valence-electron chi connectivity index (χ0n) is 11.2. The maximum atomic E-state index is 11.9. The Morgan fingerprint density at radius 2 is 1.53 bits per heavy atom. The molecule has 19 heavy (non-hydrogen) atoms. The van der Waals surface area contributed by atoms with Gasteiger partial charge in [-0.1, -0.05) is 37.8 Å². The molecule has 0 atom stereocenters. The van der Waals surface area contributed by atoms with Crippen LogP contribution >= 0.6 is 0 Å². The minimum atomic E-state index is -3.99. The summed E-state index contributed by atoms with van der Waals surface area (Å²) in [4.78, 5) is 0. The van der Waals surface area contributed by atoms with Gasteiger partial charge >= 0.3 is 6.18 Å². The highest BCUT2D eigenvalue weighted by atomic mass is 19.4. The molecule has 2 N–H and O–H groups in total. The number of rotatable bonds is 8. The third-order valence-electron chi connectivity index (χ3n) is 3.13. The fourth-order valence-corrected chi connectivity index (χ4v) is 2.11. The summed E-state index contributed by atoms with van der Waals surface area (Å²) >= 11 is 0. The summed E-state index contributed by atoms with van der Waals surface area (Å²) in [5.41, 5.74) is 7.70. The largest absolute Gasteiger partial charge is 0.399 e. The second-order valence-corrected chi connectivity index (χ2v) is 4.98. The summed E-state index contributed by atoms with van der Waals surface area (Å²) in [7, 11) is 0. The van der Waals surface area contributed by atoms with Crippen molar-refractivity contribution in [2.24, 2.45) is 0 Å². The topological polar surface area (TPSA) is 26.0 Å². The lowest BCUT2D eigenvalue weighted by Gasteiger charge is -2.06. The van der Waals surface area contributed by atoms with E-state index in [0.717, 1.165) is 37.8 Å². The van der Waals surface area contributed by atoms with Crippen LogP contribution in [0.15, 0.2) is 24.3 Å². The molecule has 4 heteroatoms. The van der Waals surface area contributed by atoms with Crippen LogP contribution in [0.4, 0.5) is 18.9 Å². The SMILES string of the molecule is Nc1cccc(CCCCCCCCC(F)(F)F)c1. The number of anilines is 1. The predicted octanol–water partition coefficient (Wildman–Crippen LogP) is 5.10. The van der Waals surface area contributed by atoms with Crippen LogP contribution < -0.4 is 5.73 Å². The molecule has 0 radical (unpaired) electrons.